The van der Waals surface area contributed by atoms with Crippen LogP contribution in [0.4, 0.5) is 5.69 Å². The van der Waals surface area contributed by atoms with Crippen molar-refractivity contribution in [3.8, 4) is 11.5 Å². The van der Waals surface area contributed by atoms with Crippen LogP contribution in [-0.4, -0.2) is 63.3 Å². The second-order valence-corrected chi connectivity index (χ2v) is 10.3. The van der Waals surface area contributed by atoms with E-state index in [9.17, 15) is 0 Å². The largest absolute Gasteiger partial charge is 0.366 e. The highest BCUT2D eigenvalue weighted by atomic mass is 15.3. The van der Waals surface area contributed by atoms with E-state index in [-0.39, 0.29) is 0 Å². The van der Waals surface area contributed by atoms with E-state index in [1.165, 1.54) is 0 Å². The van der Waals surface area contributed by atoms with E-state index in [1.807, 2.05) is 49.6 Å². The van der Waals surface area contributed by atoms with Crippen LogP contribution in [0.25, 0.3) is 44.7 Å². The molecule has 2 aromatic carbocycles. The van der Waals surface area contributed by atoms with Crippen molar-refractivity contribution in [3.05, 3.63) is 109 Å². The molecule has 3 N–H and O–H groups in total. The predicted octanol–water partition coefficient (Wildman–Crippen LogP) is 5.99. The third-order valence-electron chi connectivity index (χ3n) is 7.60. The summed E-state index contributed by atoms with van der Waals surface area (Å²) in [4.78, 5) is 17.7. The smallest absolute Gasteiger partial charge is 0.159 e. The maximum atomic E-state index is 5.02. The minimum atomic E-state index is 0.719. The fraction of sp³-hybridized carbons (Fsp3) is 0.182. The zero-order chi connectivity index (χ0) is 28.3. The highest BCUT2D eigenvalue weighted by molar-refractivity contribution is 5.97. The SMILES string of the molecule is C=C/C(=C\C(=C/C)c1ccc2[nH]nc(-c3nc4c(N5CCN(C)CC5)cncc4[nH]3)c2c1)NC(=C)c1ccccc1. The molecule has 0 aliphatic carbocycles. The first-order valence-electron chi connectivity index (χ1n) is 13.8. The molecule has 4 heterocycles. The molecule has 3 aromatic heterocycles. The summed E-state index contributed by atoms with van der Waals surface area (Å²) in [5.41, 5.74) is 9.42. The normalized spacial score (nSPS) is 15.0. The van der Waals surface area contributed by atoms with Gasteiger partial charge in [-0.1, -0.05) is 55.6 Å². The molecule has 8 nitrogen and oxygen atoms in total. The minimum Gasteiger partial charge on any atom is -0.366 e. The van der Waals surface area contributed by atoms with E-state index in [0.717, 1.165) is 93.4 Å². The maximum absolute atomic E-state index is 5.02. The number of hydrogen-bond acceptors (Lipinski definition) is 6. The summed E-state index contributed by atoms with van der Waals surface area (Å²) in [7, 11) is 2.16. The van der Waals surface area contributed by atoms with Crippen LogP contribution < -0.4 is 10.2 Å². The van der Waals surface area contributed by atoms with Gasteiger partial charge in [-0.25, -0.2) is 4.98 Å². The van der Waals surface area contributed by atoms with Crippen molar-refractivity contribution in [2.75, 3.05) is 38.1 Å². The molecule has 1 aliphatic rings. The van der Waals surface area contributed by atoms with Gasteiger partial charge in [0.25, 0.3) is 0 Å². The fourth-order valence-corrected chi connectivity index (χ4v) is 5.22. The Balaban J connectivity index is 1.32. The molecule has 0 atom stereocenters. The van der Waals surface area contributed by atoms with Crippen molar-refractivity contribution in [1.29, 1.82) is 0 Å². The van der Waals surface area contributed by atoms with E-state index in [2.05, 4.69) is 85.8 Å². The Morgan fingerprint density at radius 3 is 2.56 bits per heavy atom. The Hall–Kier alpha value is -4.95. The maximum Gasteiger partial charge on any atom is 0.159 e. The fourth-order valence-electron chi connectivity index (χ4n) is 5.22. The van der Waals surface area contributed by atoms with Crippen molar-refractivity contribution in [2.45, 2.75) is 6.92 Å². The summed E-state index contributed by atoms with van der Waals surface area (Å²) >= 11 is 0. The van der Waals surface area contributed by atoms with Gasteiger partial charge in [-0.3, -0.25) is 10.1 Å². The highest BCUT2D eigenvalue weighted by Crippen LogP contribution is 2.32. The number of nitrogens with one attached hydrogen (secondary N) is 3. The van der Waals surface area contributed by atoms with Crippen LogP contribution in [0.2, 0.25) is 0 Å². The van der Waals surface area contributed by atoms with Gasteiger partial charge in [0.15, 0.2) is 5.82 Å². The molecule has 0 radical (unpaired) electrons. The van der Waals surface area contributed by atoms with Gasteiger partial charge in [0.05, 0.1) is 29.1 Å². The minimum absolute atomic E-state index is 0.719. The average molecular weight is 543 g/mol. The number of benzene rings is 2. The summed E-state index contributed by atoms with van der Waals surface area (Å²) in [6.45, 7) is 14.2. The quantitative estimate of drug-likeness (QED) is 0.209. The number of allylic oxidation sites excluding steroid dienone is 4. The van der Waals surface area contributed by atoms with Gasteiger partial charge in [-0.05, 0) is 55.0 Å². The summed E-state index contributed by atoms with van der Waals surface area (Å²) in [6, 6.07) is 16.4. The molecule has 41 heavy (non-hydrogen) atoms. The average Bonchev–Trinajstić information content (AvgIpc) is 3.64. The Morgan fingerprint density at radius 2 is 1.80 bits per heavy atom. The van der Waals surface area contributed by atoms with Crippen molar-refractivity contribution < 1.29 is 0 Å². The van der Waals surface area contributed by atoms with Crippen molar-refractivity contribution in [3.63, 3.8) is 0 Å². The summed E-state index contributed by atoms with van der Waals surface area (Å²) in [5.74, 6) is 0.719. The summed E-state index contributed by atoms with van der Waals surface area (Å²) in [6.07, 6.45) is 9.73. The molecule has 0 amide bonds. The Kier molecular flexibility index (Phi) is 7.22. The van der Waals surface area contributed by atoms with Gasteiger partial charge in [0.1, 0.15) is 11.2 Å². The lowest BCUT2D eigenvalue weighted by molar-refractivity contribution is 0.313. The molecule has 1 fully saturated rings. The van der Waals surface area contributed by atoms with Crippen LogP contribution in [0.15, 0.2) is 98.0 Å². The Morgan fingerprint density at radius 1 is 1.00 bits per heavy atom. The van der Waals surface area contributed by atoms with E-state index < -0.39 is 0 Å². The van der Waals surface area contributed by atoms with E-state index in [1.54, 1.807) is 6.08 Å². The molecule has 0 unspecified atom stereocenters. The third-order valence-corrected chi connectivity index (χ3v) is 7.60. The Bertz CT molecular complexity index is 1780. The molecule has 0 spiro atoms. The van der Waals surface area contributed by atoms with Gasteiger partial charge in [0, 0.05) is 43.0 Å². The lowest BCUT2D eigenvalue weighted by atomic mass is 10.0. The highest BCUT2D eigenvalue weighted by Gasteiger charge is 2.20. The number of aromatic amines is 2. The molecule has 8 heteroatoms. The molecule has 1 aliphatic heterocycles. The van der Waals surface area contributed by atoms with Crippen molar-refractivity contribution in [1.82, 2.24) is 35.4 Å². The molecular weight excluding hydrogens is 508 g/mol. The number of anilines is 1. The second kappa shape index (κ2) is 11.3. The summed E-state index contributed by atoms with van der Waals surface area (Å²) < 4.78 is 0. The number of piperazine rings is 1. The monoisotopic (exact) mass is 542 g/mol. The number of pyridine rings is 1. The molecule has 6 rings (SSSR count). The van der Waals surface area contributed by atoms with E-state index in [0.29, 0.717) is 0 Å². The van der Waals surface area contributed by atoms with E-state index in [4.69, 9.17) is 4.98 Å². The number of likely N-dealkylation sites (N-methyl/N-ethyl adjacent to an activating group) is 1. The predicted molar refractivity (Wildman–Crippen MR) is 169 cm³/mol. The van der Waals surface area contributed by atoms with Crippen LogP contribution in [0, 0.1) is 0 Å². The lowest BCUT2D eigenvalue weighted by Gasteiger charge is -2.33. The standard InChI is InChI=1S/C33H34N8/c1-5-23(18-26(6-2)35-22(3)24-10-8-7-9-11-24)25-12-13-28-27(19-25)31(39-38-28)33-36-29-20-34-21-30(32(29)37-33)41-16-14-40(4)15-17-41/h5-13,18-21,35H,2-3,14-17H2,1,4H3,(H,36,37)(H,38,39)/b23-5+,26-18+. The van der Waals surface area contributed by atoms with Gasteiger partial charge in [0.2, 0.25) is 0 Å². The molecular formula is C33H34N8. The molecule has 1 saturated heterocycles. The topological polar surface area (TPSA) is 88.8 Å². The first kappa shape index (κ1) is 26.3. The van der Waals surface area contributed by atoms with Crippen LogP contribution >= 0.6 is 0 Å². The van der Waals surface area contributed by atoms with Crippen LogP contribution in [0.1, 0.15) is 18.1 Å². The molecule has 0 saturated carbocycles. The number of imidazole rings is 1. The molecule has 206 valence electrons. The first-order valence-corrected chi connectivity index (χ1v) is 13.8. The van der Waals surface area contributed by atoms with Gasteiger partial charge in [-0.15, -0.1) is 0 Å². The number of hydrogen-bond donors (Lipinski definition) is 3. The second-order valence-electron chi connectivity index (χ2n) is 10.3. The van der Waals surface area contributed by atoms with Gasteiger partial charge < -0.3 is 20.1 Å². The zero-order valence-corrected chi connectivity index (χ0v) is 23.5. The lowest BCUT2D eigenvalue weighted by Crippen LogP contribution is -2.44. The molecule has 0 bridgehead atoms. The number of fused-ring (bicyclic) bond motifs is 2. The first-order chi connectivity index (χ1) is 20.0. The van der Waals surface area contributed by atoms with Crippen LogP contribution in [0.3, 0.4) is 0 Å². The summed E-state index contributed by atoms with van der Waals surface area (Å²) in [5, 5.41) is 12.2. The van der Waals surface area contributed by atoms with E-state index >= 15 is 0 Å². The zero-order valence-electron chi connectivity index (χ0n) is 23.5. The number of H-pyrrole nitrogens is 2. The number of aromatic nitrogens is 5. The van der Waals surface area contributed by atoms with Gasteiger partial charge >= 0.3 is 0 Å². The third kappa shape index (κ3) is 5.29. The number of rotatable bonds is 8. The van der Waals surface area contributed by atoms with Crippen LogP contribution in [0.5, 0.6) is 0 Å². The van der Waals surface area contributed by atoms with Crippen LogP contribution in [-0.2, 0) is 0 Å². The van der Waals surface area contributed by atoms with Crippen molar-refractivity contribution >= 4 is 38.9 Å². The molecule has 5 aromatic rings. The van der Waals surface area contributed by atoms with Gasteiger partial charge in [-0.2, -0.15) is 5.10 Å². The number of nitrogens with zero attached hydrogens (tertiary/aromatic N) is 5. The van der Waals surface area contributed by atoms with Crippen molar-refractivity contribution in [2.24, 2.45) is 0 Å². The Labute approximate surface area is 239 Å².